The van der Waals surface area contributed by atoms with Crippen LogP contribution in [-0.2, 0) is 93.0 Å². The van der Waals surface area contributed by atoms with E-state index < -0.39 is 41.5 Å². The van der Waals surface area contributed by atoms with Crippen LogP contribution >= 0.6 is 0 Å². The number of halogens is 3. The quantitative estimate of drug-likeness (QED) is 0.0232. The summed E-state index contributed by atoms with van der Waals surface area (Å²) in [6.07, 6.45) is 15.2. The number of aromatic amines is 3. The number of nitrogens with zero attached hydrogens (tertiary/aromatic N) is 2. The SMILES string of the molecule is CC1=C(C(=O)Cc2ccc3[nH]ccc3c2)C(c2ccc(F)c(CC(=O)N(CCO)Cc3ccco3)c2)NC(=O)C1.CC1=C(C(=O)Cc2ccc3[nH]ccc3c2)C(c2ccc(F)c(CC(=O)N3CCOC(CCO)C3)c2)NC(=O)C1.CC1=C(C(=O)Cc2ccc3[nH]ccc3c2)C(c2ccc(F)c(CC(=O)NCC3CCC(C4CC4)CC3)c2)NC(=O)C1. The Morgan fingerprint density at radius 2 is 0.942 bits per heavy atom. The zero-order valence-electron chi connectivity index (χ0n) is 67.5. The molecule has 0 radical (unpaired) electrons. The number of amides is 6. The van der Waals surface area contributed by atoms with Gasteiger partial charge in [0, 0.05) is 123 Å². The van der Waals surface area contributed by atoms with E-state index in [1.54, 1.807) is 55.1 Å². The number of morpholine rings is 1. The molecule has 25 heteroatoms. The highest BCUT2D eigenvalue weighted by Gasteiger charge is 2.38. The summed E-state index contributed by atoms with van der Waals surface area (Å²) in [4.78, 5) is 130. The number of aliphatic hydroxyl groups is 2. The fraction of sp³-hybridized carbons (Fsp3) is 0.358. The number of benzene rings is 6. The van der Waals surface area contributed by atoms with Crippen LogP contribution in [0.4, 0.5) is 13.2 Å². The van der Waals surface area contributed by atoms with Crippen molar-refractivity contribution >= 4 is 85.5 Å². The van der Waals surface area contributed by atoms with Crippen molar-refractivity contribution in [1.29, 1.82) is 0 Å². The Balaban J connectivity index is 0.000000147. The van der Waals surface area contributed by atoms with Gasteiger partial charge in [-0.05, 0) is 253 Å². The van der Waals surface area contributed by atoms with Crippen molar-refractivity contribution in [1.82, 2.24) is 46.0 Å². The third-order valence-corrected chi connectivity index (χ3v) is 23.9. The Morgan fingerprint density at radius 3 is 1.36 bits per heavy atom. The van der Waals surface area contributed by atoms with Gasteiger partial charge in [-0.1, -0.05) is 53.1 Å². The summed E-state index contributed by atoms with van der Waals surface area (Å²) in [7, 11) is 0. The molecular weight excluding hydrogens is 1530 g/mol. The highest BCUT2D eigenvalue weighted by atomic mass is 19.1. The lowest BCUT2D eigenvalue weighted by Gasteiger charge is -2.33. The number of carbonyl (C=O) groups excluding carboxylic acids is 9. The third-order valence-electron chi connectivity index (χ3n) is 23.9. The number of aliphatic hydroxyl groups excluding tert-OH is 2. The molecule has 4 aliphatic heterocycles. The first kappa shape index (κ1) is 84.4. The average molecular weight is 1630 g/mol. The van der Waals surface area contributed by atoms with Crippen LogP contribution in [-0.4, -0.2) is 140 Å². The summed E-state index contributed by atoms with van der Waals surface area (Å²) in [5.41, 5.74) is 11.4. The Morgan fingerprint density at radius 1 is 0.508 bits per heavy atom. The molecule has 6 aromatic carbocycles. The zero-order chi connectivity index (χ0) is 84.3. The van der Waals surface area contributed by atoms with Crippen molar-refractivity contribution < 1.29 is 75.7 Å². The summed E-state index contributed by atoms with van der Waals surface area (Å²) in [5.74, 6) is -0.523. The first-order valence-electron chi connectivity index (χ1n) is 41.3. The molecule has 1 saturated heterocycles. The second-order valence-electron chi connectivity index (χ2n) is 32.6. The van der Waals surface area contributed by atoms with E-state index in [1.165, 1.54) is 67.2 Å². The average Bonchev–Trinajstić information content (AvgIpc) is 0.872. The van der Waals surface area contributed by atoms with E-state index in [4.69, 9.17) is 9.15 Å². The molecule has 4 unspecified atom stereocenters. The minimum atomic E-state index is -0.768. The standard InChI is InChI=1S/C34H38FN3O3.C31H30FN3O5.C30H32FN3O5/c1-20-14-32(41)38-34(33(20)30(39)16-22-4-11-29-25(15-22)12-13-36-29)26-9-10-28(35)27(17-26)18-31(40)37-19-21-2-5-23(6-3-21)24-7-8-24;1-19-13-28(38)34-31(30(19)27(37)15-20-4-7-26-21(14-20)8-9-33-26)22-5-6-25(32)23(16-22)17-29(39)35(10-11-36)18-24-3-2-12-40-24;1-18-12-27(37)33-30(29(18)26(36)14-19-2-5-25-20(13-19)6-8-32-25)21-3-4-24(31)22(15-21)16-28(38)34-9-11-39-23(17-34)7-10-35/h4,9-13,15,17,21,23-24,34,36H,2-3,5-8,14,16,18-19H2,1H3,(H,37,40)(H,38,41);2-9,12,14,16,31,33,36H,10-11,13,15,17-18H2,1H3,(H,34,38);2-6,8,13,15,23,30,32,35H,7,9-12,14,16-17H2,1H3,(H,33,37). The van der Waals surface area contributed by atoms with Gasteiger partial charge in [-0.3, -0.25) is 43.2 Å². The van der Waals surface area contributed by atoms with Crippen molar-refractivity contribution in [2.75, 3.05) is 46.0 Å². The number of H-pyrrole nitrogens is 3. The summed E-state index contributed by atoms with van der Waals surface area (Å²) >= 11 is 0. The van der Waals surface area contributed by atoms with Crippen LogP contribution in [0.25, 0.3) is 32.7 Å². The summed E-state index contributed by atoms with van der Waals surface area (Å²) in [5, 5.41) is 33.4. The molecule has 16 rings (SSSR count). The second-order valence-corrected chi connectivity index (χ2v) is 32.6. The van der Waals surface area contributed by atoms with Gasteiger partial charge in [-0.2, -0.15) is 0 Å². The number of nitrogens with one attached hydrogen (secondary N) is 7. The molecular formula is C95H100F3N9O13. The topological polar surface area (TPSA) is 318 Å². The van der Waals surface area contributed by atoms with E-state index in [-0.39, 0.29) is 154 Å². The van der Waals surface area contributed by atoms with E-state index in [2.05, 4.69) is 36.2 Å². The number of aromatic nitrogens is 3. The van der Waals surface area contributed by atoms with Crippen LogP contribution < -0.4 is 21.3 Å². The lowest BCUT2D eigenvalue weighted by Crippen LogP contribution is -2.46. The first-order valence-corrected chi connectivity index (χ1v) is 41.3. The van der Waals surface area contributed by atoms with Crippen molar-refractivity contribution in [2.45, 2.75) is 154 Å². The van der Waals surface area contributed by atoms with Crippen molar-refractivity contribution in [3.63, 3.8) is 0 Å². The lowest BCUT2D eigenvalue weighted by molar-refractivity contribution is -0.138. The smallest absolute Gasteiger partial charge is 0.227 e. The van der Waals surface area contributed by atoms with Crippen molar-refractivity contribution in [3.05, 3.63) is 271 Å². The lowest BCUT2D eigenvalue weighted by atomic mass is 9.79. The van der Waals surface area contributed by atoms with E-state index in [0.717, 1.165) is 74.1 Å². The summed E-state index contributed by atoms with van der Waals surface area (Å²) < 4.78 is 55.5. The number of fused-ring (bicyclic) bond motifs is 3. The van der Waals surface area contributed by atoms with E-state index >= 15 is 0 Å². The Hall–Kier alpha value is -12.1. The number of furan rings is 1. The zero-order valence-corrected chi connectivity index (χ0v) is 67.5. The van der Waals surface area contributed by atoms with E-state index in [9.17, 15) is 66.5 Å². The monoisotopic (exact) mass is 1630 g/mol. The van der Waals surface area contributed by atoms with Gasteiger partial charge in [0.25, 0.3) is 0 Å². The van der Waals surface area contributed by atoms with Gasteiger partial charge in [0.1, 0.15) is 23.2 Å². The van der Waals surface area contributed by atoms with Crippen molar-refractivity contribution in [2.24, 2.45) is 17.8 Å². The number of hydrogen-bond donors (Lipinski definition) is 9. The number of hydrogen-bond acceptors (Lipinski definition) is 13. The van der Waals surface area contributed by atoms with Gasteiger partial charge >= 0.3 is 0 Å². The van der Waals surface area contributed by atoms with E-state index in [1.807, 2.05) is 98.3 Å². The van der Waals surface area contributed by atoms with Crippen LogP contribution in [0.2, 0.25) is 0 Å². The van der Waals surface area contributed by atoms with Gasteiger partial charge in [0.05, 0.1) is 69.5 Å². The molecule has 6 aliphatic rings. The van der Waals surface area contributed by atoms with Gasteiger partial charge in [-0.15, -0.1) is 0 Å². The molecule has 2 saturated carbocycles. The molecule has 9 N–H and O–H groups in total. The molecule has 120 heavy (non-hydrogen) atoms. The molecule has 624 valence electrons. The molecule has 10 aromatic rings. The first-order chi connectivity index (χ1) is 58.0. The van der Waals surface area contributed by atoms with Crippen LogP contribution in [0.15, 0.2) is 202 Å². The van der Waals surface area contributed by atoms with Gasteiger partial charge in [0.15, 0.2) is 17.3 Å². The predicted octanol–water partition coefficient (Wildman–Crippen LogP) is 13.2. The molecule has 22 nitrogen and oxygen atoms in total. The summed E-state index contributed by atoms with van der Waals surface area (Å²) in [6.45, 7) is 7.00. The summed E-state index contributed by atoms with van der Waals surface area (Å²) in [6, 6.07) is 37.8. The normalized spacial score (nSPS) is 19.4. The predicted molar refractivity (Wildman–Crippen MR) is 446 cm³/mol. The fourth-order valence-electron chi connectivity index (χ4n) is 17.5. The molecule has 2 aliphatic carbocycles. The third kappa shape index (κ3) is 20.8. The Bertz CT molecular complexity index is 5620. The van der Waals surface area contributed by atoms with Gasteiger partial charge < -0.3 is 65.4 Å². The van der Waals surface area contributed by atoms with Crippen molar-refractivity contribution in [3.8, 4) is 0 Å². The molecule has 3 fully saturated rings. The van der Waals surface area contributed by atoms with Crippen LogP contribution in [0.1, 0.15) is 159 Å². The maximum absolute atomic E-state index is 14.9. The van der Waals surface area contributed by atoms with Gasteiger partial charge in [0.2, 0.25) is 35.4 Å². The maximum Gasteiger partial charge on any atom is 0.227 e. The van der Waals surface area contributed by atoms with Gasteiger partial charge in [-0.25, -0.2) is 13.2 Å². The number of Topliss-reactive ketones (excluding diaryl/α,β-unsaturated/α-hetero) is 3. The fourth-order valence-corrected chi connectivity index (χ4v) is 17.5. The van der Waals surface area contributed by atoms with E-state index in [0.29, 0.717) is 94.5 Å². The molecule has 6 amide bonds. The Labute approximate surface area is 692 Å². The molecule has 4 atom stereocenters. The molecule has 8 heterocycles. The molecule has 0 bridgehead atoms. The van der Waals surface area contributed by atoms with Crippen LogP contribution in [0.5, 0.6) is 0 Å². The number of rotatable bonds is 27. The minimum absolute atomic E-state index is 0.0365. The van der Waals surface area contributed by atoms with Crippen LogP contribution in [0.3, 0.4) is 0 Å². The van der Waals surface area contributed by atoms with Crippen LogP contribution in [0, 0.1) is 35.2 Å². The number of carbonyl (C=O) groups is 9. The second kappa shape index (κ2) is 38.3. The number of ketones is 3. The molecule has 0 spiro atoms. The Kier molecular flexibility index (Phi) is 27.0. The minimum Gasteiger partial charge on any atom is -0.467 e. The highest BCUT2D eigenvalue weighted by Crippen LogP contribution is 2.45. The molecule has 4 aromatic heterocycles. The maximum atomic E-state index is 14.9. The largest absolute Gasteiger partial charge is 0.467 e. The number of ether oxygens (including phenoxy) is 1. The highest BCUT2D eigenvalue weighted by molar-refractivity contribution is 6.04.